The molecule has 0 atom stereocenters. The van der Waals surface area contributed by atoms with Gasteiger partial charge in [0.25, 0.3) is 0 Å². The first kappa shape index (κ1) is 12.7. The highest BCUT2D eigenvalue weighted by Crippen LogP contribution is 2.31. The van der Waals surface area contributed by atoms with Crippen LogP contribution in [0, 0.1) is 0 Å². The van der Waals surface area contributed by atoms with Gasteiger partial charge in [0.05, 0.1) is 7.11 Å². The molecule has 2 aromatic carbocycles. The van der Waals surface area contributed by atoms with E-state index in [4.69, 9.17) is 4.74 Å². The maximum atomic E-state index is 5.40. The van der Waals surface area contributed by atoms with Crippen LogP contribution in [0.1, 0.15) is 26.3 Å². The third kappa shape index (κ3) is 2.56. The predicted octanol–water partition coefficient (Wildman–Crippen LogP) is 4.66. The highest BCUT2D eigenvalue weighted by atomic mass is 16.5. The maximum Gasteiger partial charge on any atom is 0.126 e. The minimum atomic E-state index is 0.194. The molecule has 0 radical (unpaired) electrons. The first-order chi connectivity index (χ1) is 8.52. The Morgan fingerprint density at radius 3 is 2.00 bits per heavy atom. The van der Waals surface area contributed by atoms with E-state index >= 15 is 0 Å². The Balaban J connectivity index is 2.41. The molecule has 1 nitrogen and oxygen atoms in total. The monoisotopic (exact) mass is 240 g/mol. The Kier molecular flexibility index (Phi) is 3.42. The second kappa shape index (κ2) is 4.85. The molecule has 0 aliphatic heterocycles. The minimum Gasteiger partial charge on any atom is -0.496 e. The summed E-state index contributed by atoms with van der Waals surface area (Å²) in [6.45, 7) is 6.68. The zero-order valence-electron chi connectivity index (χ0n) is 11.5. The molecule has 0 heterocycles. The fourth-order valence-corrected chi connectivity index (χ4v) is 2.03. The summed E-state index contributed by atoms with van der Waals surface area (Å²) in [4.78, 5) is 0. The van der Waals surface area contributed by atoms with E-state index in [9.17, 15) is 0 Å². The Morgan fingerprint density at radius 2 is 1.44 bits per heavy atom. The van der Waals surface area contributed by atoms with Crippen LogP contribution in [0.3, 0.4) is 0 Å². The second-order valence-electron chi connectivity index (χ2n) is 5.53. The third-order valence-corrected chi connectivity index (χ3v) is 3.17. The summed E-state index contributed by atoms with van der Waals surface area (Å²) in [7, 11) is 1.71. The number of ether oxygens (including phenoxy) is 1. The van der Waals surface area contributed by atoms with Gasteiger partial charge in [-0.25, -0.2) is 0 Å². The molecule has 0 amide bonds. The van der Waals surface area contributed by atoms with Crippen molar-refractivity contribution in [3.8, 4) is 16.9 Å². The highest BCUT2D eigenvalue weighted by Gasteiger charge is 2.13. The Bertz CT molecular complexity index is 518. The lowest BCUT2D eigenvalue weighted by atomic mass is 9.86. The van der Waals surface area contributed by atoms with Crippen LogP contribution in [0.4, 0.5) is 0 Å². The van der Waals surface area contributed by atoms with E-state index in [1.54, 1.807) is 7.11 Å². The molecule has 0 saturated heterocycles. The van der Waals surface area contributed by atoms with Gasteiger partial charge >= 0.3 is 0 Å². The zero-order valence-corrected chi connectivity index (χ0v) is 11.5. The highest BCUT2D eigenvalue weighted by molar-refractivity contribution is 5.70. The van der Waals surface area contributed by atoms with E-state index in [1.807, 2.05) is 18.2 Å². The summed E-state index contributed by atoms with van der Waals surface area (Å²) in [5.41, 5.74) is 3.88. The molecule has 0 saturated carbocycles. The first-order valence-electron chi connectivity index (χ1n) is 6.26. The molecule has 0 bridgehead atoms. The SMILES string of the molecule is COc1ccccc1-c1ccc(C(C)(C)C)cc1. The van der Waals surface area contributed by atoms with Crippen molar-refractivity contribution in [3.05, 3.63) is 54.1 Å². The quantitative estimate of drug-likeness (QED) is 0.741. The van der Waals surface area contributed by atoms with Crippen molar-refractivity contribution in [1.82, 2.24) is 0 Å². The van der Waals surface area contributed by atoms with E-state index in [2.05, 4.69) is 51.1 Å². The Morgan fingerprint density at radius 1 is 0.833 bits per heavy atom. The lowest BCUT2D eigenvalue weighted by Crippen LogP contribution is -2.10. The molecule has 2 rings (SSSR count). The fraction of sp³-hybridized carbons (Fsp3) is 0.294. The molecule has 0 aliphatic carbocycles. The molecule has 0 aromatic heterocycles. The molecule has 0 fully saturated rings. The van der Waals surface area contributed by atoms with Crippen molar-refractivity contribution in [2.45, 2.75) is 26.2 Å². The van der Waals surface area contributed by atoms with E-state index < -0.39 is 0 Å². The van der Waals surface area contributed by atoms with E-state index in [1.165, 1.54) is 11.1 Å². The lowest BCUT2D eigenvalue weighted by Gasteiger charge is -2.19. The lowest BCUT2D eigenvalue weighted by molar-refractivity contribution is 0.416. The Hall–Kier alpha value is -1.76. The Labute approximate surface area is 109 Å². The molecule has 0 N–H and O–H groups in total. The van der Waals surface area contributed by atoms with Crippen molar-refractivity contribution in [2.75, 3.05) is 7.11 Å². The number of hydrogen-bond donors (Lipinski definition) is 0. The number of benzene rings is 2. The molecular weight excluding hydrogens is 220 g/mol. The van der Waals surface area contributed by atoms with Gasteiger partial charge in [0.2, 0.25) is 0 Å². The molecule has 0 unspecified atom stereocenters. The van der Waals surface area contributed by atoms with Crippen molar-refractivity contribution in [1.29, 1.82) is 0 Å². The standard InChI is InChI=1S/C17H20O/c1-17(2,3)14-11-9-13(10-12-14)15-7-5-6-8-16(15)18-4/h5-12H,1-4H3. The summed E-state index contributed by atoms with van der Waals surface area (Å²) < 4.78 is 5.40. The third-order valence-electron chi connectivity index (χ3n) is 3.17. The second-order valence-corrected chi connectivity index (χ2v) is 5.53. The largest absolute Gasteiger partial charge is 0.496 e. The normalized spacial score (nSPS) is 11.3. The van der Waals surface area contributed by atoms with Gasteiger partial charge in [0.1, 0.15) is 5.75 Å². The van der Waals surface area contributed by atoms with Gasteiger partial charge in [0, 0.05) is 5.56 Å². The van der Waals surface area contributed by atoms with Crippen molar-refractivity contribution >= 4 is 0 Å². The average molecular weight is 240 g/mol. The topological polar surface area (TPSA) is 9.23 Å². The van der Waals surface area contributed by atoms with Crippen molar-refractivity contribution < 1.29 is 4.74 Å². The average Bonchev–Trinajstić information content (AvgIpc) is 2.38. The van der Waals surface area contributed by atoms with Crippen LogP contribution >= 0.6 is 0 Å². The molecule has 0 aliphatic rings. The van der Waals surface area contributed by atoms with Crippen LogP contribution in [-0.4, -0.2) is 7.11 Å². The summed E-state index contributed by atoms with van der Waals surface area (Å²) in [6, 6.07) is 16.8. The van der Waals surface area contributed by atoms with Gasteiger partial charge in [-0.05, 0) is 22.6 Å². The number of methoxy groups -OCH3 is 1. The summed E-state index contributed by atoms with van der Waals surface area (Å²) >= 11 is 0. The van der Waals surface area contributed by atoms with E-state index in [0.717, 1.165) is 11.3 Å². The molecule has 2 aromatic rings. The first-order valence-corrected chi connectivity index (χ1v) is 6.26. The van der Waals surface area contributed by atoms with Crippen LogP contribution < -0.4 is 4.74 Å². The van der Waals surface area contributed by atoms with Crippen LogP contribution in [0.5, 0.6) is 5.75 Å². The van der Waals surface area contributed by atoms with Gasteiger partial charge in [-0.15, -0.1) is 0 Å². The van der Waals surface area contributed by atoms with Crippen LogP contribution in [0.15, 0.2) is 48.5 Å². The maximum absolute atomic E-state index is 5.40. The van der Waals surface area contributed by atoms with Crippen molar-refractivity contribution in [2.24, 2.45) is 0 Å². The van der Waals surface area contributed by atoms with Gasteiger partial charge in [-0.3, -0.25) is 0 Å². The van der Waals surface area contributed by atoms with E-state index in [0.29, 0.717) is 0 Å². The summed E-state index contributed by atoms with van der Waals surface area (Å²) in [6.07, 6.45) is 0. The smallest absolute Gasteiger partial charge is 0.126 e. The number of hydrogen-bond acceptors (Lipinski definition) is 1. The van der Waals surface area contributed by atoms with Crippen LogP contribution in [-0.2, 0) is 5.41 Å². The van der Waals surface area contributed by atoms with Crippen molar-refractivity contribution in [3.63, 3.8) is 0 Å². The number of para-hydroxylation sites is 1. The summed E-state index contributed by atoms with van der Waals surface area (Å²) in [5, 5.41) is 0. The fourth-order valence-electron chi connectivity index (χ4n) is 2.03. The zero-order chi connectivity index (χ0) is 13.2. The number of rotatable bonds is 2. The minimum absolute atomic E-state index is 0.194. The molecule has 18 heavy (non-hydrogen) atoms. The summed E-state index contributed by atoms with van der Waals surface area (Å²) in [5.74, 6) is 0.918. The molecule has 0 spiro atoms. The van der Waals surface area contributed by atoms with Gasteiger partial charge < -0.3 is 4.74 Å². The van der Waals surface area contributed by atoms with Crippen LogP contribution in [0.2, 0.25) is 0 Å². The molecular formula is C17H20O. The van der Waals surface area contributed by atoms with E-state index in [-0.39, 0.29) is 5.41 Å². The van der Waals surface area contributed by atoms with Crippen LogP contribution in [0.25, 0.3) is 11.1 Å². The van der Waals surface area contributed by atoms with Gasteiger partial charge in [-0.1, -0.05) is 63.2 Å². The molecule has 1 heteroatoms. The van der Waals surface area contributed by atoms with Gasteiger partial charge in [-0.2, -0.15) is 0 Å². The van der Waals surface area contributed by atoms with Gasteiger partial charge in [0.15, 0.2) is 0 Å². The predicted molar refractivity (Wildman–Crippen MR) is 77.1 cm³/mol. The molecule has 94 valence electrons.